The molecule has 1 aliphatic rings. The third-order valence-electron chi connectivity index (χ3n) is 5.79. The van der Waals surface area contributed by atoms with E-state index in [1.54, 1.807) is 12.3 Å². The minimum atomic E-state index is -2.83. The minimum Gasteiger partial charge on any atom is -0.356 e. The van der Waals surface area contributed by atoms with E-state index in [2.05, 4.69) is 45.7 Å². The van der Waals surface area contributed by atoms with Crippen molar-refractivity contribution in [1.82, 2.24) is 34.7 Å². The van der Waals surface area contributed by atoms with Crippen molar-refractivity contribution in [2.45, 2.75) is 18.9 Å². The van der Waals surface area contributed by atoms with Crippen LogP contribution in [0, 0.1) is 17.2 Å². The molecule has 168 valence electrons. The molecule has 12 nitrogen and oxygen atoms in total. The molecule has 2 N–H and O–H groups in total. The Balaban J connectivity index is 1.37. The van der Waals surface area contributed by atoms with E-state index in [1.807, 2.05) is 23.1 Å². The number of H-pyrrole nitrogens is 1. The number of nitriles is 1. The van der Waals surface area contributed by atoms with E-state index in [9.17, 15) is 13.7 Å². The normalized spacial score (nSPS) is 16.8. The van der Waals surface area contributed by atoms with Gasteiger partial charge in [0.2, 0.25) is 16.8 Å². The summed E-state index contributed by atoms with van der Waals surface area (Å²) < 4.78 is 25.9. The smallest absolute Gasteiger partial charge is 0.238 e. The first-order valence-electron chi connectivity index (χ1n) is 10.3. The molecule has 1 saturated heterocycles. The Kier molecular flexibility index (Phi) is 5.57. The number of aromatic nitrogens is 7. The number of nitrogens with one attached hydrogen (secondary N) is 2. The molecule has 0 radical (unpaired) electrons. The molecule has 5 rings (SSSR count). The van der Waals surface area contributed by atoms with Crippen LogP contribution in [0.5, 0.6) is 0 Å². The quantitative estimate of drug-likeness (QED) is 0.345. The molecule has 4 aromatic heterocycles. The highest BCUT2D eigenvalue weighted by Gasteiger charge is 2.32. The van der Waals surface area contributed by atoms with Crippen LogP contribution in [-0.4, -0.2) is 56.2 Å². The van der Waals surface area contributed by atoms with Crippen molar-refractivity contribution in [1.29, 1.82) is 5.26 Å². The molecule has 13 heteroatoms. The van der Waals surface area contributed by atoms with E-state index in [0.29, 0.717) is 18.8 Å². The van der Waals surface area contributed by atoms with Gasteiger partial charge in [0, 0.05) is 48.5 Å². The maximum absolute atomic E-state index is 10.9. The van der Waals surface area contributed by atoms with E-state index in [1.165, 1.54) is 12.5 Å². The van der Waals surface area contributed by atoms with Crippen LogP contribution in [0.2, 0.25) is 0 Å². The summed E-state index contributed by atoms with van der Waals surface area (Å²) in [5.74, 6) is 0.843. The van der Waals surface area contributed by atoms with E-state index >= 15 is 0 Å². The Morgan fingerprint density at radius 3 is 3.06 bits per heavy atom. The van der Waals surface area contributed by atoms with Gasteiger partial charge in [-0.25, -0.2) is 23.4 Å². The van der Waals surface area contributed by atoms with Gasteiger partial charge in [0.15, 0.2) is 0 Å². The molecular weight excluding hydrogens is 444 g/mol. The van der Waals surface area contributed by atoms with E-state index in [0.717, 1.165) is 35.3 Å². The first-order valence-corrected chi connectivity index (χ1v) is 11.5. The van der Waals surface area contributed by atoms with Gasteiger partial charge in [0.1, 0.15) is 17.8 Å². The summed E-state index contributed by atoms with van der Waals surface area (Å²) in [6, 6.07) is 5.84. The monoisotopic (exact) mass is 464 g/mol. The van der Waals surface area contributed by atoms with Crippen LogP contribution in [0.1, 0.15) is 18.9 Å². The van der Waals surface area contributed by atoms with Crippen molar-refractivity contribution in [3.8, 4) is 17.3 Å². The summed E-state index contributed by atoms with van der Waals surface area (Å²) in [6.45, 7) is 1.40. The number of fused-ring (bicyclic) bond motifs is 1. The summed E-state index contributed by atoms with van der Waals surface area (Å²) >= 11 is 0. The molecule has 0 spiro atoms. The average molecular weight is 465 g/mol. The maximum atomic E-state index is 10.9. The van der Waals surface area contributed by atoms with Crippen LogP contribution in [0.3, 0.4) is 0 Å². The molecular formula is C20H20N10O2S. The van der Waals surface area contributed by atoms with Crippen molar-refractivity contribution in [2.24, 2.45) is 5.92 Å². The predicted octanol–water partition coefficient (Wildman–Crippen LogP) is 1.53. The lowest BCUT2D eigenvalue weighted by atomic mass is 9.96. The Bertz CT molecular complexity index is 1400. The van der Waals surface area contributed by atoms with E-state index in [4.69, 9.17) is 0 Å². The molecule has 1 aliphatic heterocycles. The maximum Gasteiger partial charge on any atom is 0.238 e. The molecule has 4 aromatic rings. The Hall–Kier alpha value is -4.05. The van der Waals surface area contributed by atoms with Gasteiger partial charge >= 0.3 is 0 Å². The van der Waals surface area contributed by atoms with Crippen molar-refractivity contribution in [2.75, 3.05) is 22.7 Å². The minimum absolute atomic E-state index is 0.0401. The van der Waals surface area contributed by atoms with Crippen molar-refractivity contribution in [3.05, 3.63) is 43.2 Å². The molecule has 0 saturated carbocycles. The molecule has 5 heterocycles. The van der Waals surface area contributed by atoms with Gasteiger partial charge < -0.3 is 9.88 Å². The van der Waals surface area contributed by atoms with Crippen molar-refractivity contribution >= 4 is 33.7 Å². The van der Waals surface area contributed by atoms with Gasteiger partial charge in [-0.3, -0.25) is 9.40 Å². The number of nitrogens with zero attached hydrogens (tertiary/aromatic N) is 8. The Labute approximate surface area is 190 Å². The fourth-order valence-corrected chi connectivity index (χ4v) is 4.56. The summed E-state index contributed by atoms with van der Waals surface area (Å²) in [6.07, 6.45) is 9.71. The third-order valence-corrected chi connectivity index (χ3v) is 6.18. The van der Waals surface area contributed by atoms with Gasteiger partial charge in [-0.15, -0.1) is 0 Å². The Morgan fingerprint density at radius 2 is 2.21 bits per heavy atom. The SMILES string of the molecule is N#CCC(C1CCN(c2ccnc(N[SH](=O)=O)n2)C1)n1cc(-c2ncnc3[nH]ccc23)cn1. The van der Waals surface area contributed by atoms with Gasteiger partial charge in [0.05, 0.1) is 30.4 Å². The zero-order valence-electron chi connectivity index (χ0n) is 17.4. The van der Waals surface area contributed by atoms with Crippen LogP contribution < -0.4 is 9.62 Å². The zero-order chi connectivity index (χ0) is 22.8. The van der Waals surface area contributed by atoms with E-state index in [-0.39, 0.29) is 17.9 Å². The first kappa shape index (κ1) is 20.8. The second-order valence-corrected chi connectivity index (χ2v) is 8.44. The molecule has 33 heavy (non-hydrogen) atoms. The van der Waals surface area contributed by atoms with Crippen LogP contribution in [0.25, 0.3) is 22.3 Å². The topological polar surface area (TPSA) is 158 Å². The molecule has 0 aromatic carbocycles. The van der Waals surface area contributed by atoms with Gasteiger partial charge in [-0.05, 0) is 18.6 Å². The van der Waals surface area contributed by atoms with Gasteiger partial charge in [-0.2, -0.15) is 15.3 Å². The molecule has 2 atom stereocenters. The second kappa shape index (κ2) is 8.83. The molecule has 0 amide bonds. The number of rotatable bonds is 7. The largest absolute Gasteiger partial charge is 0.356 e. The fraction of sp³-hybridized carbons (Fsp3) is 0.300. The third kappa shape index (κ3) is 4.20. The molecule has 1 fully saturated rings. The highest BCUT2D eigenvalue weighted by atomic mass is 32.2. The van der Waals surface area contributed by atoms with Crippen LogP contribution >= 0.6 is 0 Å². The fourth-order valence-electron chi connectivity index (χ4n) is 4.28. The van der Waals surface area contributed by atoms with Gasteiger partial charge in [-0.1, -0.05) is 0 Å². The predicted molar refractivity (Wildman–Crippen MR) is 121 cm³/mol. The molecule has 0 aliphatic carbocycles. The number of thiol groups is 1. The number of hydrogen-bond donors (Lipinski definition) is 3. The van der Waals surface area contributed by atoms with Crippen LogP contribution in [0.15, 0.2) is 43.2 Å². The lowest BCUT2D eigenvalue weighted by Gasteiger charge is -2.23. The summed E-state index contributed by atoms with van der Waals surface area (Å²) in [5, 5.41) is 15.0. The first-order chi connectivity index (χ1) is 16.1. The second-order valence-electron chi connectivity index (χ2n) is 7.70. The molecule has 0 bridgehead atoms. The summed E-state index contributed by atoms with van der Waals surface area (Å²) in [5.41, 5.74) is 2.40. The lowest BCUT2D eigenvalue weighted by Crippen LogP contribution is -2.25. The number of aromatic amines is 1. The Morgan fingerprint density at radius 1 is 1.30 bits per heavy atom. The number of hydrogen-bond acceptors (Lipinski definition) is 9. The standard InChI is InChI=1S/C20H20N10O2S/c21-5-1-16(13-4-8-29(10-13)17-3-7-23-20(27-17)28-33(31)32)30-11-14(9-26-30)18-15-2-6-22-19(15)25-12-24-18/h2-3,6-7,9,11-13,16,33H,1,4,8,10H2,(H,22,24,25)(H,23,27,28,31,32). The van der Waals surface area contributed by atoms with Crippen molar-refractivity contribution < 1.29 is 8.42 Å². The van der Waals surface area contributed by atoms with Crippen LogP contribution in [-0.2, 0) is 10.9 Å². The highest BCUT2D eigenvalue weighted by molar-refractivity contribution is 7.73. The van der Waals surface area contributed by atoms with Gasteiger partial charge in [0.25, 0.3) is 0 Å². The van der Waals surface area contributed by atoms with Crippen molar-refractivity contribution in [3.63, 3.8) is 0 Å². The summed E-state index contributed by atoms with van der Waals surface area (Å²) in [7, 11) is -2.83. The highest BCUT2D eigenvalue weighted by Crippen LogP contribution is 2.33. The summed E-state index contributed by atoms with van der Waals surface area (Å²) in [4.78, 5) is 22.0. The zero-order valence-corrected chi connectivity index (χ0v) is 18.3. The average Bonchev–Trinajstić information content (AvgIpc) is 3.58. The molecule has 2 unspecified atom stereocenters. The van der Waals surface area contributed by atoms with Crippen LogP contribution in [0.4, 0.5) is 11.8 Å². The number of anilines is 2. The van der Waals surface area contributed by atoms with E-state index < -0.39 is 10.9 Å². The lowest BCUT2D eigenvalue weighted by molar-refractivity contribution is 0.332.